The lowest BCUT2D eigenvalue weighted by Crippen LogP contribution is -2.01. The second kappa shape index (κ2) is 3.78. The van der Waals surface area contributed by atoms with Gasteiger partial charge in [0.15, 0.2) is 0 Å². The summed E-state index contributed by atoms with van der Waals surface area (Å²) in [5.41, 5.74) is 1.32. The highest BCUT2D eigenvalue weighted by Gasteiger charge is 2.17. The van der Waals surface area contributed by atoms with E-state index in [0.717, 1.165) is 0 Å². The number of pyridine rings is 1. The second-order valence-corrected chi connectivity index (χ2v) is 3.76. The van der Waals surface area contributed by atoms with E-state index in [1.54, 1.807) is 12.3 Å². The summed E-state index contributed by atoms with van der Waals surface area (Å²) in [4.78, 5) is 14.5. The van der Waals surface area contributed by atoms with Crippen LogP contribution in [0.2, 0.25) is 0 Å². The number of hydrogen-bond acceptors (Lipinski definition) is 2. The minimum Gasteiger partial charge on any atom is -0.477 e. The monoisotopic (exact) mass is 191 g/mol. The van der Waals surface area contributed by atoms with Crippen LogP contribution in [0.3, 0.4) is 0 Å². The largest absolute Gasteiger partial charge is 0.477 e. The Hall–Kier alpha value is -1.38. The number of carbonyl (C=O) groups is 1. The number of carboxylic acids is 1. The van der Waals surface area contributed by atoms with Gasteiger partial charge in [-0.25, -0.2) is 9.78 Å². The summed E-state index contributed by atoms with van der Waals surface area (Å²) in [5.74, 6) is -0.353. The Labute approximate surface area is 82.8 Å². The third-order valence-corrected chi connectivity index (χ3v) is 2.83. The summed E-state index contributed by atoms with van der Waals surface area (Å²) in [7, 11) is 0. The van der Waals surface area contributed by atoms with Gasteiger partial charge in [-0.05, 0) is 30.4 Å². The van der Waals surface area contributed by atoms with Crippen molar-refractivity contribution in [1.82, 2.24) is 4.98 Å². The van der Waals surface area contributed by atoms with Crippen LogP contribution >= 0.6 is 0 Å². The summed E-state index contributed by atoms with van der Waals surface area (Å²) in [6, 6.07) is 3.49. The van der Waals surface area contributed by atoms with Crippen LogP contribution in [0.4, 0.5) is 0 Å². The Balaban J connectivity index is 2.16. The van der Waals surface area contributed by atoms with Crippen LogP contribution in [-0.4, -0.2) is 16.1 Å². The van der Waals surface area contributed by atoms with Crippen molar-refractivity contribution in [2.24, 2.45) is 0 Å². The number of aromatic carboxylic acids is 1. The topological polar surface area (TPSA) is 50.2 Å². The van der Waals surface area contributed by atoms with Crippen molar-refractivity contribution in [3.05, 3.63) is 29.6 Å². The molecule has 2 rings (SSSR count). The minimum absolute atomic E-state index is 0.131. The maximum Gasteiger partial charge on any atom is 0.354 e. The molecule has 0 atom stereocenters. The fourth-order valence-electron chi connectivity index (χ4n) is 2.03. The predicted octanol–water partition coefficient (Wildman–Crippen LogP) is 2.44. The highest BCUT2D eigenvalue weighted by Crippen LogP contribution is 2.33. The van der Waals surface area contributed by atoms with Gasteiger partial charge in [-0.1, -0.05) is 18.9 Å². The molecule has 0 unspecified atom stereocenters. The molecule has 1 heterocycles. The summed E-state index contributed by atoms with van der Waals surface area (Å²) in [6.45, 7) is 0. The number of hydrogen-bond donors (Lipinski definition) is 1. The van der Waals surface area contributed by atoms with E-state index in [1.807, 2.05) is 6.07 Å². The molecule has 1 fully saturated rings. The van der Waals surface area contributed by atoms with Gasteiger partial charge >= 0.3 is 5.97 Å². The first kappa shape index (κ1) is 9.19. The second-order valence-electron chi connectivity index (χ2n) is 3.76. The highest BCUT2D eigenvalue weighted by atomic mass is 16.4. The number of aromatic nitrogens is 1. The van der Waals surface area contributed by atoms with Crippen molar-refractivity contribution in [3.63, 3.8) is 0 Å². The van der Waals surface area contributed by atoms with Gasteiger partial charge in [0, 0.05) is 6.20 Å². The molecule has 1 N–H and O–H groups in total. The van der Waals surface area contributed by atoms with Crippen LogP contribution in [0.15, 0.2) is 18.3 Å². The third-order valence-electron chi connectivity index (χ3n) is 2.83. The minimum atomic E-state index is -0.956. The lowest BCUT2D eigenvalue weighted by atomic mass is 9.99. The van der Waals surface area contributed by atoms with E-state index < -0.39 is 5.97 Å². The average molecular weight is 191 g/mol. The zero-order valence-electron chi connectivity index (χ0n) is 7.94. The Kier molecular flexibility index (Phi) is 2.48. The quantitative estimate of drug-likeness (QED) is 0.781. The van der Waals surface area contributed by atoms with Crippen LogP contribution in [-0.2, 0) is 0 Å². The highest BCUT2D eigenvalue weighted by molar-refractivity contribution is 5.85. The van der Waals surface area contributed by atoms with Gasteiger partial charge in [0.2, 0.25) is 0 Å². The average Bonchev–Trinajstić information content (AvgIpc) is 2.71. The molecule has 1 saturated carbocycles. The van der Waals surface area contributed by atoms with E-state index in [0.29, 0.717) is 5.92 Å². The van der Waals surface area contributed by atoms with E-state index >= 15 is 0 Å². The predicted molar refractivity (Wildman–Crippen MR) is 52.4 cm³/mol. The van der Waals surface area contributed by atoms with Crippen LogP contribution in [0, 0.1) is 0 Å². The van der Waals surface area contributed by atoms with Crippen molar-refractivity contribution in [2.75, 3.05) is 0 Å². The van der Waals surface area contributed by atoms with Crippen LogP contribution in [0.25, 0.3) is 0 Å². The van der Waals surface area contributed by atoms with E-state index in [1.165, 1.54) is 31.2 Å². The fourth-order valence-corrected chi connectivity index (χ4v) is 2.03. The molecule has 1 aromatic rings. The van der Waals surface area contributed by atoms with Crippen molar-refractivity contribution in [2.45, 2.75) is 31.6 Å². The Morgan fingerprint density at radius 1 is 1.36 bits per heavy atom. The molecule has 0 radical (unpaired) electrons. The molecule has 0 spiro atoms. The standard InChI is InChI=1S/C11H13NO2/c13-11(14)10-6-5-9(7-12-10)8-3-1-2-4-8/h5-8H,1-4H2,(H,13,14). The third kappa shape index (κ3) is 1.76. The van der Waals surface area contributed by atoms with Gasteiger partial charge < -0.3 is 5.11 Å². The summed E-state index contributed by atoms with van der Waals surface area (Å²) in [5, 5.41) is 8.68. The first-order valence-electron chi connectivity index (χ1n) is 4.96. The first-order chi connectivity index (χ1) is 6.77. The summed E-state index contributed by atoms with van der Waals surface area (Å²) >= 11 is 0. The summed E-state index contributed by atoms with van der Waals surface area (Å²) in [6.07, 6.45) is 6.71. The van der Waals surface area contributed by atoms with Gasteiger partial charge in [0.1, 0.15) is 5.69 Å². The van der Waals surface area contributed by atoms with Gasteiger partial charge in [-0.3, -0.25) is 0 Å². The molecule has 0 bridgehead atoms. The summed E-state index contributed by atoms with van der Waals surface area (Å²) < 4.78 is 0. The molecule has 14 heavy (non-hydrogen) atoms. The van der Waals surface area contributed by atoms with E-state index in [2.05, 4.69) is 4.98 Å². The molecular weight excluding hydrogens is 178 g/mol. The van der Waals surface area contributed by atoms with E-state index in [9.17, 15) is 4.79 Å². The molecule has 3 heteroatoms. The van der Waals surface area contributed by atoms with Crippen molar-refractivity contribution in [3.8, 4) is 0 Å². The van der Waals surface area contributed by atoms with Gasteiger partial charge in [-0.2, -0.15) is 0 Å². The lowest BCUT2D eigenvalue weighted by molar-refractivity contribution is 0.0690. The van der Waals surface area contributed by atoms with Crippen LogP contribution < -0.4 is 0 Å². The molecule has 0 saturated heterocycles. The van der Waals surface area contributed by atoms with E-state index in [4.69, 9.17) is 5.11 Å². The molecule has 1 aliphatic rings. The van der Waals surface area contributed by atoms with Gasteiger partial charge in [-0.15, -0.1) is 0 Å². The number of rotatable bonds is 2. The lowest BCUT2D eigenvalue weighted by Gasteiger charge is -2.08. The fraction of sp³-hybridized carbons (Fsp3) is 0.455. The molecule has 0 aromatic carbocycles. The normalized spacial score (nSPS) is 17.1. The maximum absolute atomic E-state index is 10.6. The van der Waals surface area contributed by atoms with Crippen molar-refractivity contribution < 1.29 is 9.90 Å². The Morgan fingerprint density at radius 2 is 2.07 bits per heavy atom. The van der Waals surface area contributed by atoms with Crippen LogP contribution in [0.5, 0.6) is 0 Å². The SMILES string of the molecule is O=C(O)c1ccc(C2CCCC2)cn1. The number of nitrogens with zero attached hydrogens (tertiary/aromatic N) is 1. The zero-order chi connectivity index (χ0) is 9.97. The maximum atomic E-state index is 10.6. The van der Waals surface area contributed by atoms with Crippen LogP contribution in [0.1, 0.15) is 47.7 Å². The van der Waals surface area contributed by atoms with Crippen molar-refractivity contribution >= 4 is 5.97 Å². The molecule has 1 aliphatic carbocycles. The molecule has 0 aliphatic heterocycles. The molecule has 74 valence electrons. The van der Waals surface area contributed by atoms with Gasteiger partial charge in [0.25, 0.3) is 0 Å². The zero-order valence-corrected chi connectivity index (χ0v) is 7.94. The van der Waals surface area contributed by atoms with Gasteiger partial charge in [0.05, 0.1) is 0 Å². The van der Waals surface area contributed by atoms with E-state index in [-0.39, 0.29) is 5.69 Å². The molecular formula is C11H13NO2. The molecule has 0 amide bonds. The smallest absolute Gasteiger partial charge is 0.354 e. The molecule has 3 nitrogen and oxygen atoms in total. The molecule has 1 aromatic heterocycles. The Bertz CT molecular complexity index is 326. The van der Waals surface area contributed by atoms with Crippen molar-refractivity contribution in [1.29, 1.82) is 0 Å². The first-order valence-corrected chi connectivity index (χ1v) is 4.96. The number of carboxylic acid groups (broad SMARTS) is 1. The Morgan fingerprint density at radius 3 is 2.57 bits per heavy atom.